The van der Waals surface area contributed by atoms with E-state index in [0.717, 1.165) is 11.3 Å². The second kappa shape index (κ2) is 6.47. The molecule has 0 aliphatic rings. The highest BCUT2D eigenvalue weighted by atomic mass is 32.1. The topological polar surface area (TPSA) is 61.3 Å². The summed E-state index contributed by atoms with van der Waals surface area (Å²) in [5, 5.41) is 8.12. The van der Waals surface area contributed by atoms with E-state index in [1.54, 1.807) is 6.92 Å². The van der Waals surface area contributed by atoms with Crippen molar-refractivity contribution in [3.8, 4) is 10.9 Å². The van der Waals surface area contributed by atoms with Gasteiger partial charge in [0.1, 0.15) is 5.75 Å². The fourth-order valence-corrected chi connectivity index (χ4v) is 2.17. The van der Waals surface area contributed by atoms with Crippen LogP contribution in [0.15, 0.2) is 24.3 Å². The van der Waals surface area contributed by atoms with Gasteiger partial charge in [-0.05, 0) is 41.9 Å². The molecular formula is C14H16N2O3S. The van der Waals surface area contributed by atoms with Gasteiger partial charge in [-0.15, -0.1) is 5.10 Å². The summed E-state index contributed by atoms with van der Waals surface area (Å²) in [4.78, 5) is 11.5. The number of esters is 1. The van der Waals surface area contributed by atoms with E-state index in [1.807, 2.05) is 24.3 Å². The van der Waals surface area contributed by atoms with E-state index >= 15 is 0 Å². The third-order valence-corrected chi connectivity index (χ3v) is 3.37. The summed E-state index contributed by atoms with van der Waals surface area (Å²) in [7, 11) is 0. The first-order chi connectivity index (χ1) is 9.60. The fourth-order valence-electron chi connectivity index (χ4n) is 1.56. The Morgan fingerprint density at radius 3 is 2.85 bits per heavy atom. The third kappa shape index (κ3) is 3.54. The zero-order valence-electron chi connectivity index (χ0n) is 11.6. The number of hydrogen-bond acceptors (Lipinski definition) is 6. The molecule has 5 nitrogen and oxygen atoms in total. The molecule has 20 heavy (non-hydrogen) atoms. The molecule has 0 N–H and O–H groups in total. The van der Waals surface area contributed by atoms with E-state index in [4.69, 9.17) is 9.47 Å². The maximum atomic E-state index is 11.5. The van der Waals surface area contributed by atoms with Gasteiger partial charge in [0.15, 0.2) is 0 Å². The van der Waals surface area contributed by atoms with Gasteiger partial charge < -0.3 is 9.47 Å². The highest BCUT2D eigenvalue weighted by Crippen LogP contribution is 2.27. The number of rotatable bonds is 5. The van der Waals surface area contributed by atoms with Gasteiger partial charge in [-0.1, -0.05) is 31.1 Å². The van der Waals surface area contributed by atoms with Crippen LogP contribution in [0.4, 0.5) is 0 Å². The first kappa shape index (κ1) is 14.5. The van der Waals surface area contributed by atoms with E-state index in [9.17, 15) is 4.79 Å². The number of benzene rings is 1. The summed E-state index contributed by atoms with van der Waals surface area (Å²) in [6, 6.07) is 7.77. The lowest BCUT2D eigenvalue weighted by Gasteiger charge is -2.07. The van der Waals surface area contributed by atoms with Crippen LogP contribution in [0.25, 0.3) is 0 Å². The monoisotopic (exact) mass is 292 g/mol. The molecule has 0 aliphatic heterocycles. The molecule has 0 unspecified atom stereocenters. The number of nitrogens with zero attached hydrogens (tertiary/aromatic N) is 2. The van der Waals surface area contributed by atoms with Crippen LogP contribution in [-0.2, 0) is 4.74 Å². The second-order valence-corrected chi connectivity index (χ2v) is 5.36. The minimum atomic E-state index is -0.476. The molecule has 0 amide bonds. The van der Waals surface area contributed by atoms with Crippen molar-refractivity contribution in [1.29, 1.82) is 0 Å². The molecule has 106 valence electrons. The average Bonchev–Trinajstić information content (AvgIpc) is 2.88. The lowest BCUT2D eigenvalue weighted by Crippen LogP contribution is -2.03. The predicted molar refractivity (Wildman–Crippen MR) is 76.5 cm³/mol. The molecule has 0 spiro atoms. The summed E-state index contributed by atoms with van der Waals surface area (Å²) in [5.74, 6) is 0.626. The number of carbonyl (C=O) groups is 1. The molecule has 2 rings (SSSR count). The molecule has 0 atom stereocenters. The predicted octanol–water partition coefficient (Wildman–Crippen LogP) is 3.63. The van der Waals surface area contributed by atoms with Gasteiger partial charge in [0, 0.05) is 0 Å². The van der Waals surface area contributed by atoms with Gasteiger partial charge in [-0.2, -0.15) is 0 Å². The van der Waals surface area contributed by atoms with Crippen LogP contribution < -0.4 is 4.74 Å². The smallest absolute Gasteiger partial charge is 0.369 e. The Morgan fingerprint density at radius 2 is 2.15 bits per heavy atom. The lowest BCUT2D eigenvalue weighted by molar-refractivity contribution is 0.0525. The standard InChI is InChI=1S/C14H16N2O3S/c1-4-18-13(17)12-15-16-14(20-12)19-11-7-5-6-10(8-11)9(2)3/h5-9H,4H2,1-3H3. The van der Waals surface area contributed by atoms with Gasteiger partial charge in [0.25, 0.3) is 5.19 Å². The van der Waals surface area contributed by atoms with Gasteiger partial charge in [0.05, 0.1) is 6.61 Å². The molecule has 6 heteroatoms. The number of hydrogen-bond donors (Lipinski definition) is 0. The third-order valence-electron chi connectivity index (χ3n) is 2.59. The first-order valence-corrected chi connectivity index (χ1v) is 7.20. The van der Waals surface area contributed by atoms with Crippen molar-refractivity contribution in [2.24, 2.45) is 0 Å². The van der Waals surface area contributed by atoms with E-state index in [0.29, 0.717) is 23.5 Å². The zero-order chi connectivity index (χ0) is 14.5. The molecule has 0 saturated carbocycles. The maximum absolute atomic E-state index is 11.5. The van der Waals surface area contributed by atoms with Crippen molar-refractivity contribution >= 4 is 17.3 Å². The molecule has 0 saturated heterocycles. The number of carbonyl (C=O) groups excluding carboxylic acids is 1. The molecular weight excluding hydrogens is 276 g/mol. The highest BCUT2D eigenvalue weighted by molar-refractivity contribution is 7.14. The Morgan fingerprint density at radius 1 is 1.35 bits per heavy atom. The van der Waals surface area contributed by atoms with Crippen molar-refractivity contribution in [3.63, 3.8) is 0 Å². The molecule has 0 radical (unpaired) electrons. The Bertz CT molecular complexity index is 596. The summed E-state index contributed by atoms with van der Waals surface area (Å²) >= 11 is 1.07. The summed E-state index contributed by atoms with van der Waals surface area (Å²) in [5.41, 5.74) is 1.18. The largest absolute Gasteiger partial charge is 0.461 e. The van der Waals surface area contributed by atoms with Crippen molar-refractivity contribution < 1.29 is 14.3 Å². The zero-order valence-corrected chi connectivity index (χ0v) is 12.4. The highest BCUT2D eigenvalue weighted by Gasteiger charge is 2.15. The molecule has 0 fully saturated rings. The van der Waals surface area contributed by atoms with Crippen molar-refractivity contribution in [2.45, 2.75) is 26.7 Å². The van der Waals surface area contributed by atoms with E-state index in [2.05, 4.69) is 24.0 Å². The van der Waals surface area contributed by atoms with E-state index < -0.39 is 5.97 Å². The van der Waals surface area contributed by atoms with Crippen LogP contribution in [-0.4, -0.2) is 22.8 Å². The minimum absolute atomic E-state index is 0.196. The summed E-state index contributed by atoms with van der Waals surface area (Å²) in [6.07, 6.45) is 0. The van der Waals surface area contributed by atoms with Crippen LogP contribution in [0.5, 0.6) is 10.9 Å². The molecule has 1 aromatic carbocycles. The minimum Gasteiger partial charge on any atom is -0.461 e. The summed E-state index contributed by atoms with van der Waals surface area (Å²) < 4.78 is 10.5. The molecule has 1 aromatic heterocycles. The maximum Gasteiger partial charge on any atom is 0.369 e. The average molecular weight is 292 g/mol. The van der Waals surface area contributed by atoms with Crippen molar-refractivity contribution in [3.05, 3.63) is 34.8 Å². The van der Waals surface area contributed by atoms with Crippen molar-refractivity contribution in [2.75, 3.05) is 6.61 Å². The Hall–Kier alpha value is -1.95. The molecule has 2 aromatic rings. The van der Waals surface area contributed by atoms with Gasteiger partial charge in [0.2, 0.25) is 5.01 Å². The molecule has 0 bridgehead atoms. The van der Waals surface area contributed by atoms with Crippen LogP contribution in [0.3, 0.4) is 0 Å². The quantitative estimate of drug-likeness (QED) is 0.787. The molecule has 0 aliphatic carbocycles. The molecule has 1 heterocycles. The van der Waals surface area contributed by atoms with Crippen LogP contribution in [0.2, 0.25) is 0 Å². The fraction of sp³-hybridized carbons (Fsp3) is 0.357. The number of aromatic nitrogens is 2. The van der Waals surface area contributed by atoms with Gasteiger partial charge in [-0.25, -0.2) is 4.79 Å². The normalized spacial score (nSPS) is 10.6. The second-order valence-electron chi connectivity index (χ2n) is 4.42. The first-order valence-electron chi connectivity index (χ1n) is 6.38. The lowest BCUT2D eigenvalue weighted by atomic mass is 10.0. The Kier molecular flexibility index (Phi) is 4.68. The number of ether oxygens (including phenoxy) is 2. The van der Waals surface area contributed by atoms with Crippen LogP contribution in [0, 0.1) is 0 Å². The van der Waals surface area contributed by atoms with Gasteiger partial charge >= 0.3 is 5.97 Å². The van der Waals surface area contributed by atoms with Crippen LogP contribution in [0.1, 0.15) is 42.1 Å². The summed E-state index contributed by atoms with van der Waals surface area (Å²) in [6.45, 7) is 6.28. The van der Waals surface area contributed by atoms with Crippen LogP contribution >= 0.6 is 11.3 Å². The van der Waals surface area contributed by atoms with E-state index in [-0.39, 0.29) is 5.01 Å². The van der Waals surface area contributed by atoms with Crippen molar-refractivity contribution in [1.82, 2.24) is 10.2 Å². The van der Waals surface area contributed by atoms with E-state index in [1.165, 1.54) is 5.56 Å². The Labute approximate surface area is 121 Å². The SMILES string of the molecule is CCOC(=O)c1nnc(Oc2cccc(C(C)C)c2)s1. The van der Waals surface area contributed by atoms with Gasteiger partial charge in [-0.3, -0.25) is 0 Å². The Balaban J connectivity index is 2.10.